The third-order valence-electron chi connectivity index (χ3n) is 3.42. The maximum atomic E-state index is 11.7. The van der Waals surface area contributed by atoms with Gasteiger partial charge in [-0.2, -0.15) is 10.2 Å². The van der Waals surface area contributed by atoms with Gasteiger partial charge in [0.15, 0.2) is 5.66 Å². The van der Waals surface area contributed by atoms with Crippen LogP contribution in [0.2, 0.25) is 0 Å². The Bertz CT molecular complexity index is 316. The number of halogens is 1. The van der Waals surface area contributed by atoms with Gasteiger partial charge < -0.3 is 10.6 Å². The van der Waals surface area contributed by atoms with Crippen molar-refractivity contribution in [3.8, 4) is 0 Å². The van der Waals surface area contributed by atoms with Gasteiger partial charge in [0.2, 0.25) is 0 Å². The first kappa shape index (κ1) is 16.2. The molecule has 0 aromatic rings. The van der Waals surface area contributed by atoms with Gasteiger partial charge in [0.1, 0.15) is 5.50 Å². The van der Waals surface area contributed by atoms with Crippen LogP contribution in [0.5, 0.6) is 0 Å². The van der Waals surface area contributed by atoms with Crippen molar-refractivity contribution in [2.45, 2.75) is 76.5 Å². The molecule has 0 aliphatic heterocycles. The molecule has 6 heteroatoms. The minimum Gasteiger partial charge on any atom is -0.322 e. The standard InChI is InChI=1S/C13H25ClN4O/c1-4-13(3,16-12(19)15-10(2)14)18-17-11-8-6-5-7-9-11/h10-11H,4-9H2,1-3H3,(H2,15,16,19)/b18-17+. The number of nitrogens with zero attached hydrogens (tertiary/aromatic N) is 2. The predicted octanol–water partition coefficient (Wildman–Crippen LogP) is 3.78. The summed E-state index contributed by atoms with van der Waals surface area (Å²) >= 11 is 5.72. The Morgan fingerprint density at radius 3 is 2.58 bits per heavy atom. The molecule has 0 saturated heterocycles. The Balaban J connectivity index is 2.53. The first-order chi connectivity index (χ1) is 8.95. The fraction of sp³-hybridized carbons (Fsp3) is 0.923. The zero-order valence-electron chi connectivity index (χ0n) is 12.1. The van der Waals surface area contributed by atoms with Gasteiger partial charge in [0.25, 0.3) is 0 Å². The smallest absolute Gasteiger partial charge is 0.317 e. The Morgan fingerprint density at radius 2 is 2.05 bits per heavy atom. The van der Waals surface area contributed by atoms with E-state index >= 15 is 0 Å². The minimum atomic E-state index is -0.659. The summed E-state index contributed by atoms with van der Waals surface area (Å²) in [5.41, 5.74) is -1.07. The van der Waals surface area contributed by atoms with E-state index in [0.717, 1.165) is 12.8 Å². The average molecular weight is 289 g/mol. The second-order valence-electron chi connectivity index (χ2n) is 5.35. The minimum absolute atomic E-state index is 0.311. The number of carbonyl (C=O) groups excluding carboxylic acids is 1. The van der Waals surface area contributed by atoms with Gasteiger partial charge in [-0.3, -0.25) is 0 Å². The SMILES string of the molecule is CCC(C)(/N=N/C1CCCCC1)NC(=O)NC(C)Cl. The monoisotopic (exact) mass is 288 g/mol. The van der Waals surface area contributed by atoms with Crippen LogP contribution in [0.1, 0.15) is 59.3 Å². The zero-order chi connectivity index (χ0) is 14.3. The molecule has 0 bridgehead atoms. The molecule has 0 aromatic carbocycles. The molecule has 5 nitrogen and oxygen atoms in total. The molecule has 2 amide bonds. The van der Waals surface area contributed by atoms with E-state index in [-0.39, 0.29) is 6.03 Å². The van der Waals surface area contributed by atoms with Crippen LogP contribution in [0, 0.1) is 0 Å². The molecule has 2 atom stereocenters. The molecule has 0 spiro atoms. The Labute approximate surface area is 120 Å². The van der Waals surface area contributed by atoms with Crippen molar-refractivity contribution in [3.63, 3.8) is 0 Å². The number of nitrogens with one attached hydrogen (secondary N) is 2. The summed E-state index contributed by atoms with van der Waals surface area (Å²) in [7, 11) is 0. The number of hydrogen-bond donors (Lipinski definition) is 2. The molecule has 0 radical (unpaired) electrons. The van der Waals surface area contributed by atoms with E-state index in [1.54, 1.807) is 6.92 Å². The van der Waals surface area contributed by atoms with Crippen molar-refractivity contribution in [1.29, 1.82) is 0 Å². The number of alkyl halides is 1. The number of urea groups is 1. The number of hydrogen-bond acceptors (Lipinski definition) is 3. The highest BCUT2D eigenvalue weighted by molar-refractivity contribution is 6.20. The van der Waals surface area contributed by atoms with Crippen LogP contribution in [-0.4, -0.2) is 23.2 Å². The summed E-state index contributed by atoms with van der Waals surface area (Å²) in [6, 6.07) is 0.00545. The third kappa shape index (κ3) is 6.23. The van der Waals surface area contributed by atoms with Crippen molar-refractivity contribution in [1.82, 2.24) is 10.6 Å². The van der Waals surface area contributed by atoms with E-state index in [9.17, 15) is 4.79 Å². The normalized spacial score (nSPS) is 21.9. The van der Waals surface area contributed by atoms with Gasteiger partial charge in [-0.15, -0.1) is 0 Å². The number of carbonyl (C=O) groups is 1. The highest BCUT2D eigenvalue weighted by Gasteiger charge is 2.25. The summed E-state index contributed by atoms with van der Waals surface area (Å²) in [4.78, 5) is 11.7. The highest BCUT2D eigenvalue weighted by Crippen LogP contribution is 2.22. The third-order valence-corrected chi connectivity index (χ3v) is 3.53. The lowest BCUT2D eigenvalue weighted by molar-refractivity contribution is 0.224. The fourth-order valence-electron chi connectivity index (χ4n) is 2.05. The molecule has 2 unspecified atom stereocenters. The molecule has 1 aliphatic carbocycles. The molecule has 1 fully saturated rings. The fourth-order valence-corrected chi connectivity index (χ4v) is 2.15. The topological polar surface area (TPSA) is 65.8 Å². The van der Waals surface area contributed by atoms with Crippen molar-refractivity contribution in [3.05, 3.63) is 0 Å². The maximum Gasteiger partial charge on any atom is 0.317 e. The van der Waals surface area contributed by atoms with Gasteiger partial charge in [-0.1, -0.05) is 37.8 Å². The van der Waals surface area contributed by atoms with Gasteiger partial charge in [0, 0.05) is 0 Å². The quantitative estimate of drug-likeness (QED) is 0.451. The van der Waals surface area contributed by atoms with Crippen LogP contribution in [-0.2, 0) is 0 Å². The maximum absolute atomic E-state index is 11.7. The summed E-state index contributed by atoms with van der Waals surface area (Å²) in [6.45, 7) is 5.55. The molecule has 1 rings (SSSR count). The van der Waals surface area contributed by atoms with Crippen LogP contribution in [0.15, 0.2) is 10.2 Å². The lowest BCUT2D eigenvalue weighted by atomic mass is 9.96. The molecule has 1 saturated carbocycles. The van der Waals surface area contributed by atoms with Crippen LogP contribution in [0.4, 0.5) is 4.79 Å². The van der Waals surface area contributed by atoms with Crippen molar-refractivity contribution in [2.75, 3.05) is 0 Å². The molecule has 1 aliphatic rings. The van der Waals surface area contributed by atoms with Crippen LogP contribution in [0.25, 0.3) is 0 Å². The highest BCUT2D eigenvalue weighted by atomic mass is 35.5. The lowest BCUT2D eigenvalue weighted by Crippen LogP contribution is -2.49. The largest absolute Gasteiger partial charge is 0.322 e. The van der Waals surface area contributed by atoms with E-state index < -0.39 is 11.2 Å². The number of amides is 2. The van der Waals surface area contributed by atoms with Crippen LogP contribution >= 0.6 is 11.6 Å². The van der Waals surface area contributed by atoms with Crippen molar-refractivity contribution in [2.24, 2.45) is 10.2 Å². The lowest BCUT2D eigenvalue weighted by Gasteiger charge is -2.26. The van der Waals surface area contributed by atoms with Crippen LogP contribution < -0.4 is 10.6 Å². The summed E-state index contributed by atoms with van der Waals surface area (Å²) in [6.07, 6.45) is 6.65. The van der Waals surface area contributed by atoms with Gasteiger partial charge in [-0.05, 0) is 33.1 Å². The van der Waals surface area contributed by atoms with Crippen molar-refractivity contribution >= 4 is 17.6 Å². The summed E-state index contributed by atoms with van der Waals surface area (Å²) in [5, 5.41) is 14.2. The second-order valence-corrected chi connectivity index (χ2v) is 6.00. The molecular formula is C13H25ClN4O. The molecule has 110 valence electrons. The first-order valence-electron chi connectivity index (χ1n) is 7.10. The van der Waals surface area contributed by atoms with Gasteiger partial charge >= 0.3 is 6.03 Å². The molecule has 0 aromatic heterocycles. The second kappa shape index (κ2) is 7.68. The van der Waals surface area contributed by atoms with Gasteiger partial charge in [0.05, 0.1) is 6.04 Å². The molecular weight excluding hydrogens is 264 g/mol. The van der Waals surface area contributed by atoms with E-state index in [1.807, 2.05) is 13.8 Å². The molecule has 0 heterocycles. The number of rotatable bonds is 5. The zero-order valence-corrected chi connectivity index (χ0v) is 12.8. The Morgan fingerprint density at radius 1 is 1.42 bits per heavy atom. The van der Waals surface area contributed by atoms with E-state index in [4.69, 9.17) is 11.6 Å². The molecule has 2 N–H and O–H groups in total. The number of azo groups is 1. The first-order valence-corrected chi connectivity index (χ1v) is 7.53. The van der Waals surface area contributed by atoms with E-state index in [0.29, 0.717) is 12.5 Å². The summed E-state index contributed by atoms with van der Waals surface area (Å²) < 4.78 is 0. The summed E-state index contributed by atoms with van der Waals surface area (Å²) in [5.74, 6) is 0. The van der Waals surface area contributed by atoms with E-state index in [1.165, 1.54) is 19.3 Å². The van der Waals surface area contributed by atoms with Crippen LogP contribution in [0.3, 0.4) is 0 Å². The average Bonchev–Trinajstić information content (AvgIpc) is 2.36. The predicted molar refractivity (Wildman–Crippen MR) is 77.4 cm³/mol. The van der Waals surface area contributed by atoms with Crippen molar-refractivity contribution < 1.29 is 4.79 Å². The van der Waals surface area contributed by atoms with E-state index in [2.05, 4.69) is 20.9 Å². The Kier molecular flexibility index (Phi) is 6.55. The van der Waals surface area contributed by atoms with Gasteiger partial charge in [-0.25, -0.2) is 4.79 Å². The Hall–Kier alpha value is -0.840. The molecule has 19 heavy (non-hydrogen) atoms.